The van der Waals surface area contributed by atoms with Crippen molar-refractivity contribution in [3.05, 3.63) is 50.6 Å². The van der Waals surface area contributed by atoms with Gasteiger partial charge in [0.25, 0.3) is 5.91 Å². The van der Waals surface area contributed by atoms with Crippen molar-refractivity contribution in [3.8, 4) is 0 Å². The highest BCUT2D eigenvalue weighted by Crippen LogP contribution is 2.26. The smallest absolute Gasteiger partial charge is 0.338 e. The molecule has 3 heterocycles. The molecule has 1 aliphatic heterocycles. The molecule has 3 rings (SSSR count). The minimum absolute atomic E-state index is 0.0410. The number of pyridine rings is 1. The second-order valence-electron chi connectivity index (χ2n) is 6.04. The lowest BCUT2D eigenvalue weighted by molar-refractivity contribution is 0.0702. The second kappa shape index (κ2) is 6.46. The second-order valence-corrected chi connectivity index (χ2v) is 6.04. The Morgan fingerprint density at radius 1 is 1.38 bits per heavy atom. The SMILES string of the molecule is CCn1c([C@H]2CCCN(C(=O)c3ccc(=O)[nH]c3)C2)nn(C)c1=O. The summed E-state index contributed by atoms with van der Waals surface area (Å²) in [5, 5.41) is 4.36. The van der Waals surface area contributed by atoms with Gasteiger partial charge in [0.05, 0.1) is 5.56 Å². The van der Waals surface area contributed by atoms with Crippen LogP contribution in [0.4, 0.5) is 0 Å². The summed E-state index contributed by atoms with van der Waals surface area (Å²) < 4.78 is 3.01. The molecule has 24 heavy (non-hydrogen) atoms. The van der Waals surface area contributed by atoms with Crippen LogP contribution in [0, 0.1) is 0 Å². The van der Waals surface area contributed by atoms with E-state index in [1.54, 1.807) is 16.5 Å². The third-order valence-corrected chi connectivity index (χ3v) is 4.46. The van der Waals surface area contributed by atoms with Crippen molar-refractivity contribution in [2.45, 2.75) is 32.2 Å². The molecule has 8 nitrogen and oxygen atoms in total. The average Bonchev–Trinajstić information content (AvgIpc) is 2.89. The largest absolute Gasteiger partial charge is 0.345 e. The summed E-state index contributed by atoms with van der Waals surface area (Å²) in [5.74, 6) is 0.667. The molecule has 128 valence electrons. The first-order valence-electron chi connectivity index (χ1n) is 8.13. The highest BCUT2D eigenvalue weighted by atomic mass is 16.2. The van der Waals surface area contributed by atoms with Crippen LogP contribution < -0.4 is 11.2 Å². The molecule has 2 aromatic heterocycles. The average molecular weight is 331 g/mol. The molecule has 0 saturated carbocycles. The summed E-state index contributed by atoms with van der Waals surface area (Å²) in [6.07, 6.45) is 3.19. The summed E-state index contributed by atoms with van der Waals surface area (Å²) in [6.45, 7) is 3.66. The minimum Gasteiger partial charge on any atom is -0.338 e. The molecule has 1 aliphatic rings. The highest BCUT2D eigenvalue weighted by Gasteiger charge is 2.29. The Morgan fingerprint density at radius 2 is 2.17 bits per heavy atom. The predicted molar refractivity (Wildman–Crippen MR) is 88.1 cm³/mol. The van der Waals surface area contributed by atoms with E-state index in [1.807, 2.05) is 6.92 Å². The van der Waals surface area contributed by atoms with Crippen molar-refractivity contribution in [1.29, 1.82) is 0 Å². The van der Waals surface area contributed by atoms with Gasteiger partial charge in [-0.3, -0.25) is 14.2 Å². The lowest BCUT2D eigenvalue weighted by Gasteiger charge is -2.32. The standard InChI is InChI=1S/C16H21N5O3/c1-3-21-14(18-19(2)16(21)24)12-5-4-8-20(10-12)15(23)11-6-7-13(22)17-9-11/h6-7,9,12H,3-5,8,10H2,1-2H3,(H,17,22)/t12-/m0/s1. The van der Waals surface area contributed by atoms with Crippen LogP contribution in [0.1, 0.15) is 41.9 Å². The summed E-state index contributed by atoms with van der Waals surface area (Å²) in [5.41, 5.74) is 0.101. The first-order valence-corrected chi connectivity index (χ1v) is 8.13. The van der Waals surface area contributed by atoms with Gasteiger partial charge in [0.15, 0.2) is 0 Å². The number of carbonyl (C=O) groups excluding carboxylic acids is 1. The Morgan fingerprint density at radius 3 is 2.83 bits per heavy atom. The van der Waals surface area contributed by atoms with E-state index in [9.17, 15) is 14.4 Å². The van der Waals surface area contributed by atoms with Crippen molar-refractivity contribution in [3.63, 3.8) is 0 Å². The number of aromatic amines is 1. The van der Waals surface area contributed by atoms with Crippen LogP contribution in [0.2, 0.25) is 0 Å². The van der Waals surface area contributed by atoms with E-state index in [4.69, 9.17) is 0 Å². The van der Waals surface area contributed by atoms with E-state index >= 15 is 0 Å². The molecule has 0 spiro atoms. The number of hydrogen-bond acceptors (Lipinski definition) is 4. The van der Waals surface area contributed by atoms with Gasteiger partial charge in [-0.25, -0.2) is 9.48 Å². The minimum atomic E-state index is -0.233. The van der Waals surface area contributed by atoms with Gasteiger partial charge >= 0.3 is 5.69 Å². The zero-order chi connectivity index (χ0) is 17.3. The quantitative estimate of drug-likeness (QED) is 0.876. The van der Waals surface area contributed by atoms with E-state index < -0.39 is 0 Å². The molecule has 0 radical (unpaired) electrons. The lowest BCUT2D eigenvalue weighted by atomic mass is 9.96. The van der Waals surface area contributed by atoms with E-state index in [0.29, 0.717) is 25.2 Å². The lowest BCUT2D eigenvalue weighted by Crippen LogP contribution is -2.40. The third kappa shape index (κ3) is 2.91. The van der Waals surface area contributed by atoms with Gasteiger partial charge in [0, 0.05) is 44.9 Å². The zero-order valence-electron chi connectivity index (χ0n) is 13.9. The number of likely N-dealkylation sites (tertiary alicyclic amines) is 1. The summed E-state index contributed by atoms with van der Waals surface area (Å²) in [7, 11) is 1.64. The first kappa shape index (κ1) is 16.2. The number of amides is 1. The van der Waals surface area contributed by atoms with E-state index in [-0.39, 0.29) is 23.1 Å². The third-order valence-electron chi connectivity index (χ3n) is 4.46. The summed E-state index contributed by atoms with van der Waals surface area (Å²) in [6, 6.07) is 2.88. The number of piperidine rings is 1. The molecular weight excluding hydrogens is 310 g/mol. The van der Waals surface area contributed by atoms with Crippen LogP contribution in [0.25, 0.3) is 0 Å². The predicted octanol–water partition coefficient (Wildman–Crippen LogP) is 0.310. The normalized spacial score (nSPS) is 17.9. The van der Waals surface area contributed by atoms with Gasteiger partial charge in [0.1, 0.15) is 5.82 Å². The van der Waals surface area contributed by atoms with Crippen molar-refractivity contribution in [2.75, 3.05) is 13.1 Å². The molecule has 1 saturated heterocycles. The summed E-state index contributed by atoms with van der Waals surface area (Å²) in [4.78, 5) is 40.1. The Balaban J connectivity index is 1.83. The van der Waals surface area contributed by atoms with Crippen LogP contribution in [-0.4, -0.2) is 43.2 Å². The molecule has 0 aromatic carbocycles. The number of carbonyl (C=O) groups is 1. The molecule has 2 aromatic rings. The Bertz CT molecular complexity index is 843. The fourth-order valence-electron chi connectivity index (χ4n) is 3.22. The maximum absolute atomic E-state index is 12.6. The fraction of sp³-hybridized carbons (Fsp3) is 0.500. The van der Waals surface area contributed by atoms with Crippen LogP contribution in [-0.2, 0) is 13.6 Å². The highest BCUT2D eigenvalue weighted by molar-refractivity contribution is 5.93. The van der Waals surface area contributed by atoms with E-state index in [2.05, 4.69) is 10.1 Å². The van der Waals surface area contributed by atoms with Gasteiger partial charge in [-0.05, 0) is 25.8 Å². The molecule has 0 unspecified atom stereocenters. The van der Waals surface area contributed by atoms with Crippen molar-refractivity contribution in [1.82, 2.24) is 24.2 Å². The molecule has 1 atom stereocenters. The van der Waals surface area contributed by atoms with Crippen LogP contribution in [0.3, 0.4) is 0 Å². The Kier molecular flexibility index (Phi) is 4.37. The first-order chi connectivity index (χ1) is 11.5. The molecule has 8 heteroatoms. The van der Waals surface area contributed by atoms with Gasteiger partial charge in [-0.1, -0.05) is 0 Å². The van der Waals surface area contributed by atoms with Crippen LogP contribution >= 0.6 is 0 Å². The monoisotopic (exact) mass is 331 g/mol. The zero-order valence-corrected chi connectivity index (χ0v) is 13.9. The number of H-pyrrole nitrogens is 1. The topological polar surface area (TPSA) is 93.0 Å². The maximum atomic E-state index is 12.6. The van der Waals surface area contributed by atoms with Crippen molar-refractivity contribution < 1.29 is 4.79 Å². The molecule has 0 aliphatic carbocycles. The fourth-order valence-corrected chi connectivity index (χ4v) is 3.22. The Hall–Kier alpha value is -2.64. The summed E-state index contributed by atoms with van der Waals surface area (Å²) >= 11 is 0. The van der Waals surface area contributed by atoms with Gasteiger partial charge in [-0.15, -0.1) is 0 Å². The number of aryl methyl sites for hydroxylation is 1. The van der Waals surface area contributed by atoms with Crippen molar-refractivity contribution in [2.24, 2.45) is 7.05 Å². The van der Waals surface area contributed by atoms with Gasteiger partial charge in [0.2, 0.25) is 5.56 Å². The number of rotatable bonds is 3. The number of hydrogen-bond donors (Lipinski definition) is 1. The molecule has 0 bridgehead atoms. The molecular formula is C16H21N5O3. The number of nitrogens with zero attached hydrogens (tertiary/aromatic N) is 4. The van der Waals surface area contributed by atoms with E-state index in [0.717, 1.165) is 18.7 Å². The molecule has 1 N–H and O–H groups in total. The van der Waals surface area contributed by atoms with Gasteiger partial charge in [-0.2, -0.15) is 5.10 Å². The number of aromatic nitrogens is 4. The van der Waals surface area contributed by atoms with Crippen molar-refractivity contribution >= 4 is 5.91 Å². The van der Waals surface area contributed by atoms with Crippen LogP contribution in [0.15, 0.2) is 27.9 Å². The molecule has 1 fully saturated rings. The van der Waals surface area contributed by atoms with E-state index in [1.165, 1.54) is 23.0 Å². The van der Waals surface area contributed by atoms with Gasteiger partial charge < -0.3 is 9.88 Å². The Labute approximate surface area is 138 Å². The molecule has 1 amide bonds. The number of nitrogens with one attached hydrogen (secondary N) is 1. The van der Waals surface area contributed by atoms with Crippen LogP contribution in [0.5, 0.6) is 0 Å². The maximum Gasteiger partial charge on any atom is 0.345 e.